The summed E-state index contributed by atoms with van der Waals surface area (Å²) in [6, 6.07) is 10.8. The zero-order chi connectivity index (χ0) is 13.9. The Morgan fingerprint density at radius 3 is 2.70 bits per heavy atom. The van der Waals surface area contributed by atoms with Gasteiger partial charge in [-0.2, -0.15) is 0 Å². The number of rotatable bonds is 5. The maximum atomic E-state index is 12.8. The summed E-state index contributed by atoms with van der Waals surface area (Å²) >= 11 is 0. The Bertz CT molecular complexity index is 459. The van der Waals surface area contributed by atoms with Gasteiger partial charge in [0.1, 0.15) is 0 Å². The van der Waals surface area contributed by atoms with Crippen molar-refractivity contribution in [3.8, 4) is 0 Å². The van der Waals surface area contributed by atoms with Gasteiger partial charge in [-0.25, -0.2) is 0 Å². The van der Waals surface area contributed by atoms with E-state index in [1.54, 1.807) is 0 Å². The first-order chi connectivity index (χ1) is 9.79. The molecule has 0 radical (unpaired) electrons. The zero-order valence-electron chi connectivity index (χ0n) is 11.9. The molecular weight excluding hydrogens is 252 g/mol. The Hall–Kier alpha value is -1.39. The van der Waals surface area contributed by atoms with Gasteiger partial charge in [-0.3, -0.25) is 4.79 Å². The van der Waals surface area contributed by atoms with Crippen LogP contribution in [0.5, 0.6) is 0 Å². The minimum atomic E-state index is -0.0377. The van der Waals surface area contributed by atoms with E-state index in [9.17, 15) is 4.79 Å². The smallest absolute Gasteiger partial charge is 0.230 e. The van der Waals surface area contributed by atoms with Gasteiger partial charge in [-0.05, 0) is 25.5 Å². The summed E-state index contributed by atoms with van der Waals surface area (Å²) in [5, 5.41) is 3.20. The van der Waals surface area contributed by atoms with Crippen LogP contribution in [0.2, 0.25) is 0 Å². The topological polar surface area (TPSA) is 41.6 Å². The number of likely N-dealkylation sites (N-methyl/N-ethyl adjacent to an activating group) is 1. The van der Waals surface area contributed by atoms with Gasteiger partial charge in [0.25, 0.3) is 0 Å². The predicted molar refractivity (Wildman–Crippen MR) is 77.2 cm³/mol. The number of hydrogen-bond donors (Lipinski definition) is 1. The summed E-state index contributed by atoms with van der Waals surface area (Å²) in [5.41, 5.74) is 1.20. The molecule has 20 heavy (non-hydrogen) atoms. The van der Waals surface area contributed by atoms with Crippen molar-refractivity contribution < 1.29 is 9.53 Å². The van der Waals surface area contributed by atoms with Gasteiger partial charge in [0.05, 0.1) is 19.1 Å². The van der Waals surface area contributed by atoms with Gasteiger partial charge in [0.2, 0.25) is 5.91 Å². The van der Waals surface area contributed by atoms with Crippen LogP contribution in [-0.4, -0.2) is 43.2 Å². The Labute approximate surface area is 120 Å². The van der Waals surface area contributed by atoms with Crippen molar-refractivity contribution in [1.82, 2.24) is 10.2 Å². The van der Waals surface area contributed by atoms with E-state index in [0.717, 1.165) is 19.4 Å². The molecule has 0 aromatic heterocycles. The molecule has 4 nitrogen and oxygen atoms in total. The fourth-order valence-electron chi connectivity index (χ4n) is 2.85. The fourth-order valence-corrected chi connectivity index (χ4v) is 2.85. The van der Waals surface area contributed by atoms with E-state index in [0.29, 0.717) is 19.3 Å². The summed E-state index contributed by atoms with van der Waals surface area (Å²) in [6.07, 6.45) is 2.27. The summed E-state index contributed by atoms with van der Waals surface area (Å²) in [6.45, 7) is 1.90. The third-order valence-electron chi connectivity index (χ3n) is 4.23. The van der Waals surface area contributed by atoms with Crippen LogP contribution in [0.4, 0.5) is 0 Å². The first-order valence-electron chi connectivity index (χ1n) is 7.39. The second-order valence-corrected chi connectivity index (χ2v) is 5.72. The molecule has 1 amide bonds. The molecule has 2 aliphatic rings. The van der Waals surface area contributed by atoms with Crippen molar-refractivity contribution >= 4 is 5.91 Å². The molecule has 3 rings (SSSR count). The third kappa shape index (κ3) is 2.86. The summed E-state index contributed by atoms with van der Waals surface area (Å²) < 4.78 is 5.47. The zero-order valence-corrected chi connectivity index (χ0v) is 11.9. The number of amides is 1. The lowest BCUT2D eigenvalue weighted by Gasteiger charge is -2.27. The summed E-state index contributed by atoms with van der Waals surface area (Å²) in [4.78, 5) is 14.9. The van der Waals surface area contributed by atoms with Gasteiger partial charge >= 0.3 is 0 Å². The van der Waals surface area contributed by atoms with Crippen LogP contribution in [-0.2, 0) is 16.1 Å². The maximum absolute atomic E-state index is 12.8. The highest BCUT2D eigenvalue weighted by atomic mass is 16.5. The molecular formula is C16H22N2O2. The van der Waals surface area contributed by atoms with E-state index in [4.69, 9.17) is 4.74 Å². The number of nitrogens with zero attached hydrogens (tertiary/aromatic N) is 1. The fraction of sp³-hybridized carbons (Fsp3) is 0.562. The van der Waals surface area contributed by atoms with Crippen molar-refractivity contribution in [3.63, 3.8) is 0 Å². The minimum absolute atomic E-state index is 0.0377. The molecule has 1 N–H and O–H groups in total. The number of ether oxygens (including phenoxy) is 1. The lowest BCUT2D eigenvalue weighted by atomic mass is 10.0. The first kappa shape index (κ1) is 13.6. The van der Waals surface area contributed by atoms with E-state index in [1.165, 1.54) is 5.56 Å². The predicted octanol–water partition coefficient (Wildman–Crippen LogP) is 1.41. The molecule has 0 bridgehead atoms. The Balaban J connectivity index is 1.72. The van der Waals surface area contributed by atoms with Crippen LogP contribution in [0.1, 0.15) is 18.4 Å². The summed E-state index contributed by atoms with van der Waals surface area (Å²) in [7, 11) is 1.90. The molecule has 1 saturated carbocycles. The molecule has 1 aromatic rings. The van der Waals surface area contributed by atoms with Crippen molar-refractivity contribution in [3.05, 3.63) is 35.9 Å². The lowest BCUT2D eigenvalue weighted by molar-refractivity contribution is -0.137. The van der Waals surface area contributed by atoms with Crippen LogP contribution in [0.15, 0.2) is 30.3 Å². The second-order valence-electron chi connectivity index (χ2n) is 5.72. The Morgan fingerprint density at radius 1 is 1.30 bits per heavy atom. The van der Waals surface area contributed by atoms with E-state index in [1.807, 2.05) is 25.2 Å². The van der Waals surface area contributed by atoms with E-state index >= 15 is 0 Å². The maximum Gasteiger partial charge on any atom is 0.230 e. The van der Waals surface area contributed by atoms with Gasteiger partial charge in [0.15, 0.2) is 0 Å². The van der Waals surface area contributed by atoms with E-state index in [-0.39, 0.29) is 17.9 Å². The first-order valence-corrected chi connectivity index (χ1v) is 7.39. The van der Waals surface area contributed by atoms with Crippen LogP contribution in [0, 0.1) is 5.92 Å². The average Bonchev–Trinajstić information content (AvgIpc) is 3.21. The molecule has 1 heterocycles. The van der Waals surface area contributed by atoms with E-state index in [2.05, 4.69) is 22.3 Å². The summed E-state index contributed by atoms with van der Waals surface area (Å²) in [5.74, 6) is 0.206. The largest absolute Gasteiger partial charge is 0.379 e. The number of hydrogen-bond acceptors (Lipinski definition) is 3. The van der Waals surface area contributed by atoms with Crippen LogP contribution in [0.3, 0.4) is 0 Å². The minimum Gasteiger partial charge on any atom is -0.379 e. The number of benzene rings is 1. The quantitative estimate of drug-likeness (QED) is 0.883. The highest BCUT2D eigenvalue weighted by Gasteiger charge is 2.40. The molecule has 108 valence electrons. The van der Waals surface area contributed by atoms with Crippen molar-refractivity contribution in [2.45, 2.75) is 31.5 Å². The van der Waals surface area contributed by atoms with Crippen molar-refractivity contribution in [1.29, 1.82) is 0 Å². The number of carbonyl (C=O) groups excluding carboxylic acids is 1. The van der Waals surface area contributed by atoms with Crippen LogP contribution in [0.25, 0.3) is 0 Å². The molecule has 2 fully saturated rings. The number of carbonyl (C=O) groups is 1. The molecule has 2 unspecified atom stereocenters. The molecule has 1 aliphatic carbocycles. The highest BCUT2D eigenvalue weighted by Crippen LogP contribution is 2.31. The molecule has 1 saturated heterocycles. The average molecular weight is 274 g/mol. The van der Waals surface area contributed by atoms with Crippen molar-refractivity contribution in [2.75, 3.05) is 20.3 Å². The monoisotopic (exact) mass is 274 g/mol. The normalized spacial score (nSPS) is 25.6. The molecule has 4 heteroatoms. The van der Waals surface area contributed by atoms with Gasteiger partial charge in [-0.15, -0.1) is 0 Å². The van der Waals surface area contributed by atoms with Gasteiger partial charge in [-0.1, -0.05) is 30.3 Å². The highest BCUT2D eigenvalue weighted by molar-refractivity contribution is 5.80. The lowest BCUT2D eigenvalue weighted by Crippen LogP contribution is -2.45. The van der Waals surface area contributed by atoms with Crippen LogP contribution >= 0.6 is 0 Å². The molecule has 0 spiro atoms. The van der Waals surface area contributed by atoms with Gasteiger partial charge < -0.3 is 15.0 Å². The molecule has 2 atom stereocenters. The number of nitrogens with one attached hydrogen (secondary N) is 1. The Kier molecular flexibility index (Phi) is 4.03. The Morgan fingerprint density at radius 2 is 2.05 bits per heavy atom. The SMILES string of the molecule is CNC1COCC1C(=O)N(Cc1ccccc1)C1CC1. The van der Waals surface area contributed by atoms with E-state index < -0.39 is 0 Å². The standard InChI is InChI=1S/C16H22N2O2/c1-17-15-11-20-10-14(15)16(19)18(13-7-8-13)9-12-5-3-2-4-6-12/h2-6,13-15,17H,7-11H2,1H3. The molecule has 1 aromatic carbocycles. The van der Waals surface area contributed by atoms with Crippen molar-refractivity contribution in [2.24, 2.45) is 5.92 Å². The van der Waals surface area contributed by atoms with Crippen LogP contribution < -0.4 is 5.32 Å². The second kappa shape index (κ2) is 5.94. The molecule has 1 aliphatic heterocycles. The third-order valence-corrected chi connectivity index (χ3v) is 4.23. The van der Waals surface area contributed by atoms with Gasteiger partial charge in [0, 0.05) is 18.6 Å².